The summed E-state index contributed by atoms with van der Waals surface area (Å²) in [4.78, 5) is 14.5. The topological polar surface area (TPSA) is 29.5 Å². The highest BCUT2D eigenvalue weighted by Crippen LogP contribution is 2.52. The fourth-order valence-corrected chi connectivity index (χ4v) is 3.93. The Balaban J connectivity index is 1.61. The van der Waals surface area contributed by atoms with E-state index in [1.54, 1.807) is 7.11 Å². The van der Waals surface area contributed by atoms with Crippen molar-refractivity contribution in [2.45, 2.75) is 32.6 Å². The predicted molar refractivity (Wildman–Crippen MR) is 79.0 cm³/mol. The average Bonchev–Trinajstić information content (AvgIpc) is 2.46. The van der Waals surface area contributed by atoms with E-state index in [1.807, 2.05) is 29.2 Å². The molecule has 3 nitrogen and oxygen atoms in total. The number of hydrogen-bond donors (Lipinski definition) is 0. The van der Waals surface area contributed by atoms with E-state index in [9.17, 15) is 4.79 Å². The van der Waals surface area contributed by atoms with Crippen molar-refractivity contribution >= 4 is 5.91 Å². The van der Waals surface area contributed by atoms with Gasteiger partial charge in [0, 0.05) is 18.7 Å². The molecule has 1 aliphatic heterocycles. The Morgan fingerprint density at radius 2 is 1.80 bits per heavy atom. The molecule has 2 aliphatic rings. The van der Waals surface area contributed by atoms with Gasteiger partial charge < -0.3 is 9.64 Å². The standard InChI is InChI=1S/C17H23NO2/c1-13-11-17(12-13)7-9-18(10-8-17)16(19)14-3-5-15(20-2)6-4-14/h3-6,13H,7-12H2,1-2H3. The number of ether oxygens (including phenoxy) is 1. The minimum absolute atomic E-state index is 0.162. The molecule has 1 heterocycles. The molecule has 20 heavy (non-hydrogen) atoms. The van der Waals surface area contributed by atoms with Gasteiger partial charge in [0.05, 0.1) is 7.11 Å². The summed E-state index contributed by atoms with van der Waals surface area (Å²) in [7, 11) is 1.64. The van der Waals surface area contributed by atoms with Crippen molar-refractivity contribution in [1.29, 1.82) is 0 Å². The van der Waals surface area contributed by atoms with Crippen molar-refractivity contribution in [1.82, 2.24) is 4.90 Å². The van der Waals surface area contributed by atoms with Gasteiger partial charge in [0.1, 0.15) is 5.75 Å². The van der Waals surface area contributed by atoms with Crippen LogP contribution in [0.5, 0.6) is 5.75 Å². The average molecular weight is 273 g/mol. The Kier molecular flexibility index (Phi) is 3.45. The van der Waals surface area contributed by atoms with Crippen molar-refractivity contribution in [2.24, 2.45) is 11.3 Å². The van der Waals surface area contributed by atoms with Crippen LogP contribution in [0.15, 0.2) is 24.3 Å². The van der Waals surface area contributed by atoms with E-state index in [1.165, 1.54) is 25.7 Å². The van der Waals surface area contributed by atoms with Crippen molar-refractivity contribution in [3.8, 4) is 5.75 Å². The molecule has 1 amide bonds. The predicted octanol–water partition coefficient (Wildman–Crippen LogP) is 3.35. The Labute approximate surface area is 120 Å². The molecule has 0 unspecified atom stereocenters. The molecule has 108 valence electrons. The summed E-state index contributed by atoms with van der Waals surface area (Å²) < 4.78 is 5.13. The summed E-state index contributed by atoms with van der Waals surface area (Å²) in [6, 6.07) is 7.42. The summed E-state index contributed by atoms with van der Waals surface area (Å²) in [5, 5.41) is 0. The van der Waals surface area contributed by atoms with Crippen LogP contribution >= 0.6 is 0 Å². The van der Waals surface area contributed by atoms with E-state index in [4.69, 9.17) is 4.74 Å². The largest absolute Gasteiger partial charge is 0.497 e. The van der Waals surface area contributed by atoms with Crippen LogP contribution in [0.25, 0.3) is 0 Å². The van der Waals surface area contributed by atoms with E-state index in [-0.39, 0.29) is 5.91 Å². The fourth-order valence-electron chi connectivity index (χ4n) is 3.93. The number of carbonyl (C=O) groups is 1. The molecule has 0 aromatic heterocycles. The van der Waals surface area contributed by atoms with Gasteiger partial charge in [-0.3, -0.25) is 4.79 Å². The number of benzene rings is 1. The number of hydrogen-bond acceptors (Lipinski definition) is 2. The van der Waals surface area contributed by atoms with E-state index in [0.29, 0.717) is 5.41 Å². The van der Waals surface area contributed by atoms with Gasteiger partial charge in [-0.25, -0.2) is 0 Å². The molecule has 0 atom stereocenters. The molecular formula is C17H23NO2. The number of piperidine rings is 1. The SMILES string of the molecule is COc1ccc(C(=O)N2CCC3(CC2)CC(C)C3)cc1. The van der Waals surface area contributed by atoms with Crippen molar-refractivity contribution in [2.75, 3.05) is 20.2 Å². The first kappa shape index (κ1) is 13.5. The molecule has 1 saturated carbocycles. The Bertz CT molecular complexity index is 478. The van der Waals surface area contributed by atoms with E-state index in [2.05, 4.69) is 6.92 Å². The number of rotatable bonds is 2. The second-order valence-corrected chi connectivity index (χ2v) is 6.53. The lowest BCUT2D eigenvalue weighted by Gasteiger charge is -2.51. The molecule has 3 rings (SSSR count). The van der Waals surface area contributed by atoms with Gasteiger partial charge in [-0.15, -0.1) is 0 Å². The first-order valence-corrected chi connectivity index (χ1v) is 7.55. The Morgan fingerprint density at radius 3 is 2.30 bits per heavy atom. The second-order valence-electron chi connectivity index (χ2n) is 6.53. The van der Waals surface area contributed by atoms with Gasteiger partial charge in [-0.2, -0.15) is 0 Å². The summed E-state index contributed by atoms with van der Waals surface area (Å²) >= 11 is 0. The van der Waals surface area contributed by atoms with Gasteiger partial charge >= 0.3 is 0 Å². The van der Waals surface area contributed by atoms with Crippen LogP contribution in [0.1, 0.15) is 43.0 Å². The minimum Gasteiger partial charge on any atom is -0.497 e. The summed E-state index contributed by atoms with van der Waals surface area (Å²) in [5.74, 6) is 1.84. The molecule has 1 spiro atoms. The number of amides is 1. The maximum absolute atomic E-state index is 12.5. The molecule has 0 bridgehead atoms. The Hall–Kier alpha value is -1.51. The number of nitrogens with zero attached hydrogens (tertiary/aromatic N) is 1. The number of methoxy groups -OCH3 is 1. The molecule has 1 aliphatic carbocycles. The molecule has 3 heteroatoms. The maximum atomic E-state index is 12.5. The van der Waals surface area contributed by atoms with Gasteiger partial charge in [0.15, 0.2) is 0 Å². The van der Waals surface area contributed by atoms with Crippen LogP contribution in [-0.4, -0.2) is 31.0 Å². The van der Waals surface area contributed by atoms with Crippen molar-refractivity contribution < 1.29 is 9.53 Å². The van der Waals surface area contributed by atoms with Crippen LogP contribution in [0.2, 0.25) is 0 Å². The first-order chi connectivity index (χ1) is 9.62. The van der Waals surface area contributed by atoms with Crippen LogP contribution in [-0.2, 0) is 0 Å². The van der Waals surface area contributed by atoms with Crippen LogP contribution in [0, 0.1) is 11.3 Å². The highest BCUT2D eigenvalue weighted by molar-refractivity contribution is 5.94. The zero-order valence-electron chi connectivity index (χ0n) is 12.4. The van der Waals surface area contributed by atoms with E-state index in [0.717, 1.165) is 30.3 Å². The van der Waals surface area contributed by atoms with Crippen LogP contribution < -0.4 is 4.74 Å². The van der Waals surface area contributed by atoms with Crippen LogP contribution in [0.3, 0.4) is 0 Å². The molecule has 1 aromatic rings. The quantitative estimate of drug-likeness (QED) is 0.827. The van der Waals surface area contributed by atoms with Gasteiger partial charge in [-0.1, -0.05) is 6.92 Å². The lowest BCUT2D eigenvalue weighted by Crippen LogP contribution is -2.48. The van der Waals surface area contributed by atoms with Gasteiger partial charge in [-0.05, 0) is 61.3 Å². The van der Waals surface area contributed by atoms with E-state index < -0.39 is 0 Å². The van der Waals surface area contributed by atoms with Gasteiger partial charge in [0.2, 0.25) is 0 Å². The molecule has 0 N–H and O–H groups in total. The minimum atomic E-state index is 0.162. The lowest BCUT2D eigenvalue weighted by molar-refractivity contribution is -0.00249. The van der Waals surface area contributed by atoms with Gasteiger partial charge in [0.25, 0.3) is 5.91 Å². The second kappa shape index (κ2) is 5.12. The lowest BCUT2D eigenvalue weighted by atomic mass is 9.58. The monoisotopic (exact) mass is 273 g/mol. The normalized spacial score (nSPS) is 21.6. The van der Waals surface area contributed by atoms with Crippen LogP contribution in [0.4, 0.5) is 0 Å². The molecule has 2 fully saturated rings. The highest BCUT2D eigenvalue weighted by Gasteiger charge is 2.44. The molecule has 0 radical (unpaired) electrons. The first-order valence-electron chi connectivity index (χ1n) is 7.55. The smallest absolute Gasteiger partial charge is 0.253 e. The molecule has 1 saturated heterocycles. The van der Waals surface area contributed by atoms with Crippen molar-refractivity contribution in [3.63, 3.8) is 0 Å². The third-order valence-electron chi connectivity index (χ3n) is 5.01. The van der Waals surface area contributed by atoms with Crippen molar-refractivity contribution in [3.05, 3.63) is 29.8 Å². The summed E-state index contributed by atoms with van der Waals surface area (Å²) in [6.45, 7) is 4.16. The summed E-state index contributed by atoms with van der Waals surface area (Å²) in [6.07, 6.45) is 5.08. The highest BCUT2D eigenvalue weighted by atomic mass is 16.5. The fraction of sp³-hybridized carbons (Fsp3) is 0.588. The van der Waals surface area contributed by atoms with E-state index >= 15 is 0 Å². The number of likely N-dealkylation sites (tertiary alicyclic amines) is 1. The third-order valence-corrected chi connectivity index (χ3v) is 5.01. The Morgan fingerprint density at radius 1 is 1.20 bits per heavy atom. The number of carbonyl (C=O) groups excluding carboxylic acids is 1. The maximum Gasteiger partial charge on any atom is 0.253 e. The third kappa shape index (κ3) is 2.41. The zero-order chi connectivity index (χ0) is 14.2. The molecular weight excluding hydrogens is 250 g/mol. The summed E-state index contributed by atoms with van der Waals surface area (Å²) in [5.41, 5.74) is 1.33. The molecule has 1 aromatic carbocycles. The zero-order valence-corrected chi connectivity index (χ0v) is 12.4.